The Morgan fingerprint density at radius 3 is 2.75 bits per heavy atom. The molecule has 0 spiro atoms. The van der Waals surface area contributed by atoms with Crippen molar-refractivity contribution in [1.82, 2.24) is 0 Å². The first-order valence-electron chi connectivity index (χ1n) is 5.01. The van der Waals surface area contributed by atoms with Gasteiger partial charge >= 0.3 is 0 Å². The number of aryl methyl sites for hydroxylation is 1. The molecule has 0 saturated heterocycles. The van der Waals surface area contributed by atoms with Crippen molar-refractivity contribution in [3.8, 4) is 12.1 Å². The highest BCUT2D eigenvalue weighted by atomic mass is 79.9. The van der Waals surface area contributed by atoms with Gasteiger partial charge in [-0.2, -0.15) is 10.5 Å². The van der Waals surface area contributed by atoms with Crippen LogP contribution < -0.4 is 0 Å². The Balaban J connectivity index is 2.90. The molecule has 0 unspecified atom stereocenters. The Kier molecular flexibility index (Phi) is 5.25. The van der Waals surface area contributed by atoms with Crippen molar-refractivity contribution >= 4 is 33.3 Å². The van der Waals surface area contributed by atoms with Gasteiger partial charge in [0, 0.05) is 4.88 Å². The van der Waals surface area contributed by atoms with Gasteiger partial charge in [0.05, 0.1) is 3.79 Å². The molecular formula is C12H11BrN2S. The van der Waals surface area contributed by atoms with E-state index < -0.39 is 0 Å². The van der Waals surface area contributed by atoms with Crippen LogP contribution in [0.1, 0.15) is 30.2 Å². The molecule has 0 amide bonds. The molecule has 0 aliphatic heterocycles. The maximum absolute atomic E-state index is 8.66. The third-order valence-electron chi connectivity index (χ3n) is 2.10. The monoisotopic (exact) mass is 294 g/mol. The van der Waals surface area contributed by atoms with Crippen LogP contribution in [0.3, 0.4) is 0 Å². The molecular weight excluding hydrogens is 284 g/mol. The average molecular weight is 295 g/mol. The zero-order chi connectivity index (χ0) is 12.0. The lowest BCUT2D eigenvalue weighted by atomic mass is 10.1. The van der Waals surface area contributed by atoms with Crippen LogP contribution in [0.5, 0.6) is 0 Å². The van der Waals surface area contributed by atoms with Gasteiger partial charge in [-0.05, 0) is 46.5 Å². The number of allylic oxidation sites excluding steroid dienone is 1. The van der Waals surface area contributed by atoms with Crippen molar-refractivity contribution in [2.45, 2.75) is 26.2 Å². The van der Waals surface area contributed by atoms with Gasteiger partial charge < -0.3 is 0 Å². The molecule has 0 bridgehead atoms. The largest absolute Gasteiger partial charge is 0.192 e. The highest BCUT2D eigenvalue weighted by Gasteiger charge is 2.05. The third kappa shape index (κ3) is 3.48. The van der Waals surface area contributed by atoms with Crippen molar-refractivity contribution in [1.29, 1.82) is 10.5 Å². The Morgan fingerprint density at radius 2 is 2.19 bits per heavy atom. The van der Waals surface area contributed by atoms with E-state index in [0.717, 1.165) is 27.9 Å². The molecule has 0 N–H and O–H groups in total. The summed E-state index contributed by atoms with van der Waals surface area (Å²) in [5.74, 6) is 0. The van der Waals surface area contributed by atoms with Gasteiger partial charge in [0.15, 0.2) is 0 Å². The molecule has 0 saturated carbocycles. The van der Waals surface area contributed by atoms with Crippen molar-refractivity contribution in [3.63, 3.8) is 0 Å². The average Bonchev–Trinajstić information content (AvgIpc) is 2.64. The van der Waals surface area contributed by atoms with Crippen LogP contribution in [0.15, 0.2) is 15.4 Å². The predicted octanol–water partition coefficient (Wildman–Crippen LogP) is 4.28. The number of halogens is 1. The zero-order valence-corrected chi connectivity index (χ0v) is 11.4. The lowest BCUT2D eigenvalue weighted by molar-refractivity contribution is 0.795. The second-order valence-corrected chi connectivity index (χ2v) is 5.73. The maximum Gasteiger partial charge on any atom is 0.131 e. The number of rotatable bonds is 4. The van der Waals surface area contributed by atoms with Gasteiger partial charge in [-0.25, -0.2) is 0 Å². The highest BCUT2D eigenvalue weighted by molar-refractivity contribution is 9.11. The van der Waals surface area contributed by atoms with E-state index in [1.807, 2.05) is 18.2 Å². The standard InChI is InChI=1S/C12H11BrN2S/c1-2-3-4-10-6-11(16-12(10)13)5-9(7-14)8-15/h5-6H,2-4H2,1H3. The predicted molar refractivity (Wildman–Crippen MR) is 69.8 cm³/mol. The second kappa shape index (κ2) is 6.48. The highest BCUT2D eigenvalue weighted by Crippen LogP contribution is 2.30. The minimum Gasteiger partial charge on any atom is -0.192 e. The minimum atomic E-state index is 0.149. The Morgan fingerprint density at radius 1 is 1.50 bits per heavy atom. The van der Waals surface area contributed by atoms with E-state index in [1.165, 1.54) is 5.56 Å². The summed E-state index contributed by atoms with van der Waals surface area (Å²) in [6.07, 6.45) is 4.98. The molecule has 0 aromatic carbocycles. The number of hydrogen-bond acceptors (Lipinski definition) is 3. The van der Waals surface area contributed by atoms with Gasteiger partial charge in [-0.1, -0.05) is 13.3 Å². The normalized spacial score (nSPS) is 9.25. The van der Waals surface area contributed by atoms with Crippen LogP contribution in [0.2, 0.25) is 0 Å². The summed E-state index contributed by atoms with van der Waals surface area (Å²) in [4.78, 5) is 0.955. The first kappa shape index (κ1) is 13.0. The van der Waals surface area contributed by atoms with Crippen LogP contribution in [0, 0.1) is 22.7 Å². The van der Waals surface area contributed by atoms with Gasteiger partial charge in [-0.3, -0.25) is 0 Å². The zero-order valence-electron chi connectivity index (χ0n) is 8.96. The van der Waals surface area contributed by atoms with E-state index in [1.54, 1.807) is 17.4 Å². The van der Waals surface area contributed by atoms with E-state index in [4.69, 9.17) is 10.5 Å². The third-order valence-corrected chi connectivity index (χ3v) is 4.01. The molecule has 0 radical (unpaired) electrons. The molecule has 0 aliphatic carbocycles. The molecule has 0 aliphatic rings. The smallest absolute Gasteiger partial charge is 0.131 e. The molecule has 4 heteroatoms. The van der Waals surface area contributed by atoms with Gasteiger partial charge in [0.1, 0.15) is 17.7 Å². The molecule has 0 fully saturated rings. The van der Waals surface area contributed by atoms with Gasteiger partial charge in [0.25, 0.3) is 0 Å². The summed E-state index contributed by atoms with van der Waals surface area (Å²) in [5.41, 5.74) is 1.41. The molecule has 82 valence electrons. The van der Waals surface area contributed by atoms with Gasteiger partial charge in [-0.15, -0.1) is 11.3 Å². The van der Waals surface area contributed by atoms with E-state index in [2.05, 4.69) is 22.9 Å². The maximum atomic E-state index is 8.66. The number of thiophene rings is 1. The quantitative estimate of drug-likeness (QED) is 0.778. The lowest BCUT2D eigenvalue weighted by Crippen LogP contribution is -1.80. The van der Waals surface area contributed by atoms with Crippen molar-refractivity contribution < 1.29 is 0 Å². The first-order chi connectivity index (χ1) is 7.71. The SMILES string of the molecule is CCCCc1cc(C=C(C#N)C#N)sc1Br. The van der Waals surface area contributed by atoms with Gasteiger partial charge in [0.2, 0.25) is 0 Å². The Labute approximate surface area is 108 Å². The Bertz CT molecular complexity index is 458. The first-order valence-corrected chi connectivity index (χ1v) is 6.62. The van der Waals surface area contributed by atoms with E-state index in [-0.39, 0.29) is 5.57 Å². The fraction of sp³-hybridized carbons (Fsp3) is 0.333. The molecule has 16 heavy (non-hydrogen) atoms. The van der Waals surface area contributed by atoms with E-state index >= 15 is 0 Å². The van der Waals surface area contributed by atoms with Crippen LogP contribution >= 0.6 is 27.3 Å². The van der Waals surface area contributed by atoms with E-state index in [9.17, 15) is 0 Å². The molecule has 1 aromatic rings. The van der Waals surface area contributed by atoms with Crippen molar-refractivity contribution in [2.24, 2.45) is 0 Å². The van der Waals surface area contributed by atoms with Crippen molar-refractivity contribution in [2.75, 3.05) is 0 Å². The summed E-state index contributed by atoms with van der Waals surface area (Å²) < 4.78 is 1.10. The molecule has 1 heterocycles. The molecule has 1 rings (SSSR count). The number of nitrogens with zero attached hydrogens (tertiary/aromatic N) is 2. The molecule has 2 nitrogen and oxygen atoms in total. The molecule has 1 aromatic heterocycles. The van der Waals surface area contributed by atoms with Crippen molar-refractivity contribution in [3.05, 3.63) is 25.9 Å². The topological polar surface area (TPSA) is 47.6 Å². The van der Waals surface area contributed by atoms with Crippen LogP contribution in [0.4, 0.5) is 0 Å². The number of unbranched alkanes of at least 4 members (excludes halogenated alkanes) is 1. The van der Waals surface area contributed by atoms with Crippen LogP contribution in [-0.4, -0.2) is 0 Å². The molecule has 0 atom stereocenters. The second-order valence-electron chi connectivity index (χ2n) is 3.33. The number of nitriles is 2. The summed E-state index contributed by atoms with van der Waals surface area (Å²) >= 11 is 5.07. The van der Waals surface area contributed by atoms with E-state index in [0.29, 0.717) is 0 Å². The Hall–Kier alpha value is -1.10. The summed E-state index contributed by atoms with van der Waals surface area (Å²) in [6, 6.07) is 5.77. The fourth-order valence-corrected chi connectivity index (χ4v) is 3.02. The fourth-order valence-electron chi connectivity index (χ4n) is 1.27. The summed E-state index contributed by atoms with van der Waals surface area (Å²) in [6.45, 7) is 2.16. The number of hydrogen-bond donors (Lipinski definition) is 0. The van der Waals surface area contributed by atoms with Crippen LogP contribution in [-0.2, 0) is 6.42 Å². The lowest BCUT2D eigenvalue weighted by Gasteiger charge is -1.94. The summed E-state index contributed by atoms with van der Waals surface area (Å²) in [7, 11) is 0. The minimum absolute atomic E-state index is 0.149. The summed E-state index contributed by atoms with van der Waals surface area (Å²) in [5, 5.41) is 17.3. The van der Waals surface area contributed by atoms with Crippen LogP contribution in [0.25, 0.3) is 6.08 Å².